The standard InChI is InChI=1S/C3H6O3.4C2H7NO/c1-2(4)3(5)6;4*3-1-2-4/h2,4H,1H3,(H,5,6);4*4H,1-3H2. The van der Waals surface area contributed by atoms with Gasteiger partial charge in [0.05, 0.1) is 26.4 Å². The molecule has 0 heterocycles. The van der Waals surface area contributed by atoms with Crippen LogP contribution < -0.4 is 22.9 Å². The van der Waals surface area contributed by atoms with E-state index in [1.165, 1.54) is 6.92 Å². The fourth-order valence-corrected chi connectivity index (χ4v) is 0. The summed E-state index contributed by atoms with van der Waals surface area (Å²) in [6, 6.07) is 0. The molecular weight excluding hydrogens is 300 g/mol. The summed E-state index contributed by atoms with van der Waals surface area (Å²) < 4.78 is 0. The fourth-order valence-electron chi connectivity index (χ4n) is 0. The van der Waals surface area contributed by atoms with Crippen LogP contribution >= 0.6 is 0 Å². The van der Waals surface area contributed by atoms with E-state index in [1.807, 2.05) is 0 Å². The maximum absolute atomic E-state index is 9.45. The highest BCUT2D eigenvalue weighted by molar-refractivity contribution is 5.71. The highest BCUT2D eigenvalue weighted by atomic mass is 16.4. The Morgan fingerprint density at radius 3 is 0.864 bits per heavy atom. The van der Waals surface area contributed by atoms with Crippen molar-refractivity contribution in [2.75, 3.05) is 52.6 Å². The lowest BCUT2D eigenvalue weighted by atomic mass is 10.4. The Balaban J connectivity index is -0.0000000555. The van der Waals surface area contributed by atoms with Crippen molar-refractivity contribution in [1.82, 2.24) is 0 Å². The number of aliphatic carboxylic acids is 1. The van der Waals surface area contributed by atoms with Crippen LogP contribution in [0.4, 0.5) is 0 Å². The van der Waals surface area contributed by atoms with Crippen LogP contribution in [-0.2, 0) is 4.79 Å². The summed E-state index contributed by atoms with van der Waals surface area (Å²) in [6.45, 7) is 3.09. The summed E-state index contributed by atoms with van der Waals surface area (Å²) in [5.74, 6) is -1.19. The minimum absolute atomic E-state index is 0.0972. The second-order valence-corrected chi connectivity index (χ2v) is 3.06. The molecule has 0 radical (unpaired) electrons. The van der Waals surface area contributed by atoms with Gasteiger partial charge in [-0.05, 0) is 6.92 Å². The van der Waals surface area contributed by atoms with Crippen LogP contribution in [0.5, 0.6) is 0 Å². The van der Waals surface area contributed by atoms with Crippen molar-refractivity contribution < 1.29 is 35.4 Å². The molecule has 14 N–H and O–H groups in total. The molecule has 1 atom stereocenters. The first kappa shape index (κ1) is 32.9. The van der Waals surface area contributed by atoms with Crippen LogP contribution in [0, 0.1) is 0 Å². The van der Waals surface area contributed by atoms with Gasteiger partial charge in [0.2, 0.25) is 0 Å². The van der Waals surface area contributed by atoms with Crippen LogP contribution in [0.3, 0.4) is 0 Å². The Morgan fingerprint density at radius 1 is 0.773 bits per heavy atom. The van der Waals surface area contributed by atoms with Crippen molar-refractivity contribution in [3.63, 3.8) is 0 Å². The zero-order valence-corrected chi connectivity index (χ0v) is 13.1. The molecule has 11 heteroatoms. The Kier molecular flexibility index (Phi) is 63.9. The second-order valence-electron chi connectivity index (χ2n) is 3.06. The summed E-state index contributed by atoms with van der Waals surface area (Å²) in [6.07, 6.45) is -1.23. The van der Waals surface area contributed by atoms with Crippen molar-refractivity contribution in [1.29, 1.82) is 0 Å². The second kappa shape index (κ2) is 42.7. The van der Waals surface area contributed by atoms with Gasteiger partial charge in [0.25, 0.3) is 0 Å². The van der Waals surface area contributed by atoms with Crippen LogP contribution in [-0.4, -0.2) is 95.3 Å². The van der Waals surface area contributed by atoms with E-state index in [1.54, 1.807) is 0 Å². The minimum Gasteiger partial charge on any atom is -0.479 e. The van der Waals surface area contributed by atoms with Gasteiger partial charge in [-0.15, -0.1) is 0 Å². The van der Waals surface area contributed by atoms with E-state index in [-0.39, 0.29) is 26.4 Å². The van der Waals surface area contributed by atoms with Gasteiger partial charge in [-0.2, -0.15) is 0 Å². The van der Waals surface area contributed by atoms with E-state index in [0.29, 0.717) is 26.2 Å². The zero-order valence-electron chi connectivity index (χ0n) is 13.1. The third-order valence-corrected chi connectivity index (χ3v) is 0.874. The van der Waals surface area contributed by atoms with E-state index in [4.69, 9.17) is 53.6 Å². The number of aliphatic hydroxyl groups is 5. The van der Waals surface area contributed by atoms with Gasteiger partial charge in [0, 0.05) is 26.2 Å². The number of hydrogen-bond donors (Lipinski definition) is 10. The highest BCUT2D eigenvalue weighted by Gasteiger charge is 2.01. The summed E-state index contributed by atoms with van der Waals surface area (Å²) in [4.78, 5) is 9.45. The molecule has 0 aliphatic heterocycles. The number of rotatable bonds is 5. The van der Waals surface area contributed by atoms with Gasteiger partial charge in [-0.25, -0.2) is 4.79 Å². The van der Waals surface area contributed by atoms with Crippen LogP contribution in [0.15, 0.2) is 0 Å². The van der Waals surface area contributed by atoms with E-state index in [0.717, 1.165) is 0 Å². The molecule has 0 aliphatic carbocycles. The largest absolute Gasteiger partial charge is 0.479 e. The Morgan fingerprint density at radius 2 is 0.864 bits per heavy atom. The van der Waals surface area contributed by atoms with Crippen LogP contribution in [0.1, 0.15) is 6.92 Å². The maximum Gasteiger partial charge on any atom is 0.332 e. The van der Waals surface area contributed by atoms with Crippen molar-refractivity contribution in [2.45, 2.75) is 13.0 Å². The first-order chi connectivity index (χ1) is 10.3. The van der Waals surface area contributed by atoms with Gasteiger partial charge in [-0.1, -0.05) is 0 Å². The highest BCUT2D eigenvalue weighted by Crippen LogP contribution is 1.73. The third-order valence-electron chi connectivity index (χ3n) is 0.874. The first-order valence-electron chi connectivity index (χ1n) is 6.45. The molecule has 0 aliphatic rings. The molecule has 0 spiro atoms. The fraction of sp³-hybridized carbons (Fsp3) is 0.909. The van der Waals surface area contributed by atoms with Crippen molar-refractivity contribution in [2.24, 2.45) is 22.9 Å². The minimum atomic E-state index is -1.23. The van der Waals surface area contributed by atoms with Crippen LogP contribution in [0.2, 0.25) is 0 Å². The lowest BCUT2D eigenvalue weighted by Gasteiger charge is -1.89. The smallest absolute Gasteiger partial charge is 0.332 e. The third kappa shape index (κ3) is 124. The van der Waals surface area contributed by atoms with E-state index in [9.17, 15) is 4.79 Å². The van der Waals surface area contributed by atoms with Crippen molar-refractivity contribution in [3.05, 3.63) is 0 Å². The predicted octanol–water partition coefficient (Wildman–Crippen LogP) is -4.80. The topological polar surface area (TPSA) is 243 Å². The number of carbonyl (C=O) groups is 1. The van der Waals surface area contributed by atoms with Gasteiger partial charge >= 0.3 is 5.97 Å². The lowest BCUT2D eigenvalue weighted by molar-refractivity contribution is -0.145. The Labute approximate surface area is 131 Å². The Bertz CT molecular complexity index is 141. The number of hydrogen-bond acceptors (Lipinski definition) is 10. The molecule has 0 aromatic carbocycles. The molecule has 0 aromatic heterocycles. The van der Waals surface area contributed by atoms with E-state index < -0.39 is 12.1 Å². The summed E-state index contributed by atoms with van der Waals surface area (Å²) >= 11 is 0. The van der Waals surface area contributed by atoms with E-state index >= 15 is 0 Å². The molecule has 0 bridgehead atoms. The number of carboxylic acid groups (broad SMARTS) is 1. The maximum atomic E-state index is 9.45. The van der Waals surface area contributed by atoms with Gasteiger partial charge in [0.1, 0.15) is 6.10 Å². The molecule has 0 saturated heterocycles. The number of nitrogens with two attached hydrogens (primary N) is 4. The summed E-state index contributed by atoms with van der Waals surface area (Å²) in [5.41, 5.74) is 19.1. The van der Waals surface area contributed by atoms with Gasteiger partial charge in [0.15, 0.2) is 0 Å². The molecule has 140 valence electrons. The summed E-state index contributed by atoms with van der Waals surface area (Å²) in [5, 5.41) is 46.8. The number of aliphatic hydroxyl groups excluding tert-OH is 5. The average molecular weight is 334 g/mol. The molecule has 0 aromatic rings. The number of carboxylic acids is 1. The zero-order chi connectivity index (χ0) is 18.8. The molecule has 22 heavy (non-hydrogen) atoms. The molecule has 0 saturated carbocycles. The van der Waals surface area contributed by atoms with E-state index in [2.05, 4.69) is 0 Å². The molecule has 11 nitrogen and oxygen atoms in total. The quantitative estimate of drug-likeness (QED) is 0.228. The summed E-state index contributed by atoms with van der Waals surface area (Å²) in [7, 11) is 0. The van der Waals surface area contributed by atoms with Crippen molar-refractivity contribution >= 4 is 5.97 Å². The molecule has 0 fully saturated rings. The molecule has 0 amide bonds. The predicted molar refractivity (Wildman–Crippen MR) is 83.9 cm³/mol. The average Bonchev–Trinajstić information content (AvgIpc) is 2.55. The molecular formula is C11H34N4O7. The van der Waals surface area contributed by atoms with Crippen molar-refractivity contribution in [3.8, 4) is 0 Å². The lowest BCUT2D eigenvalue weighted by Crippen LogP contribution is -2.13. The monoisotopic (exact) mass is 334 g/mol. The van der Waals surface area contributed by atoms with Crippen LogP contribution in [0.25, 0.3) is 0 Å². The Hall–Kier alpha value is -0.890. The first-order valence-corrected chi connectivity index (χ1v) is 6.45. The van der Waals surface area contributed by atoms with Gasteiger partial charge < -0.3 is 53.6 Å². The van der Waals surface area contributed by atoms with Gasteiger partial charge in [-0.3, -0.25) is 0 Å². The normalized spacial score (nSPS) is 9.18. The molecule has 0 rings (SSSR count). The SMILES string of the molecule is CC(O)C(=O)O.NCCO.NCCO.NCCO.NCCO. The molecule has 1 unspecified atom stereocenters.